The zero-order valence-corrected chi connectivity index (χ0v) is 13.7. The first kappa shape index (κ1) is 14.8. The minimum atomic E-state index is 0.0303. The maximum Gasteiger partial charge on any atom is 0.105 e. The van der Waals surface area contributed by atoms with Gasteiger partial charge in [-0.25, -0.2) is 0 Å². The van der Waals surface area contributed by atoms with Gasteiger partial charge in [-0.3, -0.25) is 0 Å². The molecule has 1 heterocycles. The lowest BCUT2D eigenvalue weighted by atomic mass is 9.86. The van der Waals surface area contributed by atoms with Crippen LogP contribution in [0.3, 0.4) is 0 Å². The van der Waals surface area contributed by atoms with E-state index in [-0.39, 0.29) is 5.54 Å². The lowest BCUT2D eigenvalue weighted by Gasteiger charge is -2.35. The molecule has 2 N–H and O–H groups in total. The molecular weight excluding hydrogens is 288 g/mol. The molecule has 22 heavy (non-hydrogen) atoms. The van der Waals surface area contributed by atoms with Gasteiger partial charge in [0.15, 0.2) is 0 Å². The molecule has 3 rings (SSSR count). The predicted octanol–water partition coefficient (Wildman–Crippen LogP) is 4.39. The fourth-order valence-corrected chi connectivity index (χ4v) is 3.07. The maximum atomic E-state index is 5.49. The molecular formula is C19H20N2S. The highest BCUT2D eigenvalue weighted by Gasteiger charge is 2.27. The van der Waals surface area contributed by atoms with Gasteiger partial charge in [0, 0.05) is 22.5 Å². The van der Waals surface area contributed by atoms with E-state index in [0.29, 0.717) is 4.99 Å². The Morgan fingerprint density at radius 3 is 2.55 bits per heavy atom. The predicted molar refractivity (Wildman–Crippen MR) is 98.0 cm³/mol. The van der Waals surface area contributed by atoms with Crippen LogP contribution in [0.4, 0.5) is 5.69 Å². The molecule has 0 spiro atoms. The molecule has 0 unspecified atom stereocenters. The number of hydrogen-bond acceptors (Lipinski definition) is 2. The Morgan fingerprint density at radius 2 is 1.77 bits per heavy atom. The van der Waals surface area contributed by atoms with Crippen LogP contribution in [0.15, 0.2) is 60.7 Å². The third-order valence-corrected chi connectivity index (χ3v) is 3.95. The van der Waals surface area contributed by atoms with Crippen molar-refractivity contribution in [1.29, 1.82) is 0 Å². The molecule has 1 aliphatic rings. The molecule has 3 heteroatoms. The first-order valence-electron chi connectivity index (χ1n) is 7.48. The first-order chi connectivity index (χ1) is 10.5. The van der Waals surface area contributed by atoms with Crippen molar-refractivity contribution in [2.75, 3.05) is 5.32 Å². The number of anilines is 1. The molecule has 0 bridgehead atoms. The van der Waals surface area contributed by atoms with Gasteiger partial charge < -0.3 is 10.6 Å². The summed E-state index contributed by atoms with van der Waals surface area (Å²) in [7, 11) is 0. The largest absolute Gasteiger partial charge is 0.379 e. The van der Waals surface area contributed by atoms with Crippen LogP contribution in [-0.2, 0) is 6.42 Å². The molecule has 0 aliphatic carbocycles. The quantitative estimate of drug-likeness (QED) is 0.635. The minimum absolute atomic E-state index is 0.0303. The fourth-order valence-electron chi connectivity index (χ4n) is 2.83. The number of fused-ring (bicyclic) bond motifs is 1. The van der Waals surface area contributed by atoms with Gasteiger partial charge >= 0.3 is 0 Å². The Hall–Kier alpha value is -2.13. The van der Waals surface area contributed by atoms with Gasteiger partial charge in [0.1, 0.15) is 4.99 Å². The number of benzene rings is 2. The zero-order chi connectivity index (χ0) is 15.6. The van der Waals surface area contributed by atoms with Crippen molar-refractivity contribution in [2.24, 2.45) is 0 Å². The van der Waals surface area contributed by atoms with Crippen molar-refractivity contribution in [3.63, 3.8) is 0 Å². The van der Waals surface area contributed by atoms with Crippen LogP contribution in [0.5, 0.6) is 0 Å². The van der Waals surface area contributed by atoms with Crippen molar-refractivity contribution in [1.82, 2.24) is 5.32 Å². The van der Waals surface area contributed by atoms with Gasteiger partial charge in [0.2, 0.25) is 0 Å². The second kappa shape index (κ2) is 5.93. The number of rotatable bonds is 2. The summed E-state index contributed by atoms with van der Waals surface area (Å²) in [5.41, 5.74) is 4.72. The monoisotopic (exact) mass is 308 g/mol. The summed E-state index contributed by atoms with van der Waals surface area (Å²) in [6.07, 6.45) is 3.03. The number of nitrogens with one attached hydrogen (secondary N) is 2. The molecule has 0 atom stereocenters. The Labute approximate surface area is 137 Å². The average Bonchev–Trinajstić information content (AvgIpc) is 2.47. The van der Waals surface area contributed by atoms with Gasteiger partial charge in [-0.1, -0.05) is 54.7 Å². The Bertz CT molecular complexity index is 717. The third-order valence-electron chi connectivity index (χ3n) is 3.73. The Morgan fingerprint density at radius 1 is 1.09 bits per heavy atom. The van der Waals surface area contributed by atoms with Crippen LogP contribution in [0.25, 0.3) is 5.70 Å². The van der Waals surface area contributed by atoms with E-state index in [4.69, 9.17) is 12.2 Å². The first-order valence-corrected chi connectivity index (χ1v) is 7.88. The van der Waals surface area contributed by atoms with E-state index >= 15 is 0 Å². The molecule has 1 aliphatic heterocycles. The molecule has 0 amide bonds. The van der Waals surface area contributed by atoms with Crippen LogP contribution < -0.4 is 10.6 Å². The average molecular weight is 308 g/mol. The van der Waals surface area contributed by atoms with Gasteiger partial charge in [0.25, 0.3) is 0 Å². The van der Waals surface area contributed by atoms with Gasteiger partial charge in [0.05, 0.1) is 0 Å². The number of thiocarbonyl (C=S) groups is 1. The number of hydrogen-bond donors (Lipinski definition) is 2. The van der Waals surface area contributed by atoms with Crippen LogP contribution in [-0.4, -0.2) is 10.5 Å². The summed E-state index contributed by atoms with van der Waals surface area (Å²) in [6.45, 7) is 4.43. The van der Waals surface area contributed by atoms with Crippen LogP contribution in [0.2, 0.25) is 0 Å². The van der Waals surface area contributed by atoms with E-state index in [1.165, 1.54) is 11.1 Å². The molecule has 2 aromatic rings. The van der Waals surface area contributed by atoms with Crippen LogP contribution in [0, 0.1) is 0 Å². The lowest BCUT2D eigenvalue weighted by molar-refractivity contribution is 0.437. The van der Waals surface area contributed by atoms with Crippen molar-refractivity contribution in [2.45, 2.75) is 25.8 Å². The Balaban J connectivity index is 1.88. The van der Waals surface area contributed by atoms with Gasteiger partial charge in [-0.15, -0.1) is 0 Å². The van der Waals surface area contributed by atoms with E-state index in [2.05, 4.69) is 48.7 Å². The summed E-state index contributed by atoms with van der Waals surface area (Å²) >= 11 is 5.49. The van der Waals surface area contributed by atoms with Crippen LogP contribution >= 0.6 is 12.2 Å². The molecule has 2 aromatic carbocycles. The lowest BCUT2D eigenvalue weighted by Crippen LogP contribution is -2.43. The standard InChI is InChI=1S/C19H20N2S/c1-19(2)13-14-8-6-7-11-16(14)17(21-19)12-18(22)20-15-9-4-3-5-10-15/h3-12,21H,13H2,1-2H3,(H,20,22). The SMILES string of the molecule is CC1(C)Cc2ccccc2C(=CC(=S)Nc2ccccc2)N1. The Kier molecular flexibility index (Phi) is 3.99. The fraction of sp³-hybridized carbons (Fsp3) is 0.211. The highest BCUT2D eigenvalue weighted by Crippen LogP contribution is 2.29. The molecule has 112 valence electrons. The van der Waals surface area contributed by atoms with E-state index in [0.717, 1.165) is 17.8 Å². The minimum Gasteiger partial charge on any atom is -0.379 e. The molecule has 0 saturated carbocycles. The highest BCUT2D eigenvalue weighted by atomic mass is 32.1. The van der Waals surface area contributed by atoms with E-state index in [1.54, 1.807) is 0 Å². The molecule has 2 nitrogen and oxygen atoms in total. The van der Waals surface area contributed by atoms with Crippen molar-refractivity contribution in [3.8, 4) is 0 Å². The molecule has 0 fully saturated rings. The van der Waals surface area contributed by atoms with Crippen molar-refractivity contribution >= 4 is 28.6 Å². The summed E-state index contributed by atoms with van der Waals surface area (Å²) in [6, 6.07) is 18.5. The van der Waals surface area contributed by atoms with Crippen molar-refractivity contribution in [3.05, 3.63) is 71.8 Å². The molecule has 0 aromatic heterocycles. The summed E-state index contributed by atoms with van der Waals surface area (Å²) in [5.74, 6) is 0. The molecule has 0 saturated heterocycles. The molecule has 0 radical (unpaired) electrons. The van der Waals surface area contributed by atoms with Crippen LogP contribution in [0.1, 0.15) is 25.0 Å². The normalized spacial score (nSPS) is 17.5. The second-order valence-corrected chi connectivity index (χ2v) is 6.70. The van der Waals surface area contributed by atoms with Crippen molar-refractivity contribution < 1.29 is 0 Å². The van der Waals surface area contributed by atoms with Gasteiger partial charge in [-0.05, 0) is 44.0 Å². The van der Waals surface area contributed by atoms with E-state index in [1.807, 2.05) is 36.4 Å². The van der Waals surface area contributed by atoms with E-state index in [9.17, 15) is 0 Å². The topological polar surface area (TPSA) is 24.1 Å². The number of para-hydroxylation sites is 1. The van der Waals surface area contributed by atoms with E-state index < -0.39 is 0 Å². The smallest absolute Gasteiger partial charge is 0.105 e. The summed E-state index contributed by atoms with van der Waals surface area (Å²) in [5, 5.41) is 6.86. The van der Waals surface area contributed by atoms with Gasteiger partial charge in [-0.2, -0.15) is 0 Å². The maximum absolute atomic E-state index is 5.49. The summed E-state index contributed by atoms with van der Waals surface area (Å²) in [4.78, 5) is 0.709. The third kappa shape index (κ3) is 3.37. The highest BCUT2D eigenvalue weighted by molar-refractivity contribution is 7.81. The summed E-state index contributed by atoms with van der Waals surface area (Å²) < 4.78 is 0. The zero-order valence-electron chi connectivity index (χ0n) is 12.9. The second-order valence-electron chi connectivity index (χ2n) is 6.26.